The third kappa shape index (κ3) is 3.55. The summed E-state index contributed by atoms with van der Waals surface area (Å²) in [6.07, 6.45) is 2.34. The molecule has 7 heteroatoms. The van der Waals surface area contributed by atoms with Crippen molar-refractivity contribution in [2.45, 2.75) is 43.4 Å². The first kappa shape index (κ1) is 15.8. The number of nitrogens with zero attached hydrogens (tertiary/aromatic N) is 1. The lowest BCUT2D eigenvalue weighted by Gasteiger charge is -2.30. The van der Waals surface area contributed by atoms with Gasteiger partial charge < -0.3 is 10.4 Å². The van der Waals surface area contributed by atoms with Crippen LogP contribution in [0.3, 0.4) is 0 Å². The van der Waals surface area contributed by atoms with E-state index in [1.807, 2.05) is 25.6 Å². The highest BCUT2D eigenvalue weighted by Crippen LogP contribution is 2.34. The first-order valence-corrected chi connectivity index (χ1v) is 9.12. The highest BCUT2D eigenvalue weighted by molar-refractivity contribution is 8.00. The molecule has 2 saturated heterocycles. The number of carbonyl (C=O) groups is 2. The van der Waals surface area contributed by atoms with Crippen LogP contribution in [-0.2, 0) is 4.79 Å². The van der Waals surface area contributed by atoms with Crippen LogP contribution in [0.1, 0.15) is 26.7 Å². The van der Waals surface area contributed by atoms with Crippen molar-refractivity contribution in [3.63, 3.8) is 0 Å². The van der Waals surface area contributed by atoms with Crippen LogP contribution in [0.2, 0.25) is 0 Å². The van der Waals surface area contributed by atoms with Gasteiger partial charge in [0.15, 0.2) is 0 Å². The Bertz CT molecular complexity index is 373. The fraction of sp³-hybridized carbons (Fsp3) is 0.846. The molecule has 114 valence electrons. The maximum atomic E-state index is 12.4. The third-order valence-corrected chi connectivity index (χ3v) is 6.65. The molecule has 0 aromatic carbocycles. The zero-order chi connectivity index (χ0) is 14.7. The van der Waals surface area contributed by atoms with Gasteiger partial charge in [0.2, 0.25) is 0 Å². The molecule has 2 amide bonds. The van der Waals surface area contributed by atoms with Crippen molar-refractivity contribution < 1.29 is 14.7 Å². The van der Waals surface area contributed by atoms with E-state index >= 15 is 0 Å². The molecule has 0 aromatic rings. The number of amides is 2. The van der Waals surface area contributed by atoms with Crippen molar-refractivity contribution in [2.75, 3.05) is 18.1 Å². The Morgan fingerprint density at radius 3 is 2.70 bits per heavy atom. The Morgan fingerprint density at radius 1 is 1.40 bits per heavy atom. The van der Waals surface area contributed by atoms with E-state index in [0.29, 0.717) is 17.5 Å². The van der Waals surface area contributed by atoms with E-state index in [0.717, 1.165) is 12.2 Å². The molecule has 2 N–H and O–H groups in total. The second kappa shape index (κ2) is 6.93. The summed E-state index contributed by atoms with van der Waals surface area (Å²) in [5.74, 6) is 0.970. The molecule has 0 aromatic heterocycles. The van der Waals surface area contributed by atoms with Crippen LogP contribution in [0, 0.1) is 5.92 Å². The zero-order valence-corrected chi connectivity index (χ0v) is 13.5. The lowest BCUT2D eigenvalue weighted by molar-refractivity contribution is -0.141. The van der Waals surface area contributed by atoms with Gasteiger partial charge in [-0.25, -0.2) is 9.59 Å². The van der Waals surface area contributed by atoms with Gasteiger partial charge in [-0.05, 0) is 24.5 Å². The second-order valence-corrected chi connectivity index (χ2v) is 8.11. The van der Waals surface area contributed by atoms with Gasteiger partial charge in [0.1, 0.15) is 6.04 Å². The SMILES string of the molecule is CC(C)C1SCC(C(=O)O)N1C(=O)NCC1CCCS1. The molecular formula is C13H22N2O3S2. The number of hydrogen-bond donors (Lipinski definition) is 2. The quantitative estimate of drug-likeness (QED) is 0.830. The standard InChI is InChI=1S/C13H22N2O3S2/c1-8(2)11-15(10(7-20-11)12(16)17)13(18)14-6-9-4-3-5-19-9/h8-11H,3-7H2,1-2H3,(H,14,18)(H,16,17). The normalized spacial score (nSPS) is 29.9. The van der Waals surface area contributed by atoms with Crippen LogP contribution < -0.4 is 5.32 Å². The fourth-order valence-corrected chi connectivity index (χ4v) is 5.26. The molecule has 2 aliphatic heterocycles. The van der Waals surface area contributed by atoms with Crippen LogP contribution in [-0.4, -0.2) is 56.7 Å². The Morgan fingerprint density at radius 2 is 2.15 bits per heavy atom. The van der Waals surface area contributed by atoms with Gasteiger partial charge in [0, 0.05) is 17.5 Å². The van der Waals surface area contributed by atoms with E-state index in [1.165, 1.54) is 11.3 Å². The van der Waals surface area contributed by atoms with Gasteiger partial charge in [-0.15, -0.1) is 11.8 Å². The van der Waals surface area contributed by atoms with Gasteiger partial charge in [-0.3, -0.25) is 4.90 Å². The van der Waals surface area contributed by atoms with Crippen molar-refractivity contribution in [2.24, 2.45) is 5.92 Å². The molecule has 2 fully saturated rings. The number of urea groups is 1. The number of hydrogen-bond acceptors (Lipinski definition) is 4. The minimum absolute atomic E-state index is 0.0488. The molecule has 20 heavy (non-hydrogen) atoms. The zero-order valence-electron chi connectivity index (χ0n) is 11.9. The first-order valence-electron chi connectivity index (χ1n) is 7.03. The van der Waals surface area contributed by atoms with E-state index in [9.17, 15) is 14.7 Å². The van der Waals surface area contributed by atoms with E-state index < -0.39 is 12.0 Å². The minimum atomic E-state index is -0.911. The number of carbonyl (C=O) groups excluding carboxylic acids is 1. The number of rotatable bonds is 4. The van der Waals surface area contributed by atoms with E-state index in [4.69, 9.17) is 0 Å². The molecule has 2 aliphatic rings. The fourth-order valence-electron chi connectivity index (χ4n) is 2.59. The summed E-state index contributed by atoms with van der Waals surface area (Å²) in [5.41, 5.74) is 0. The second-order valence-electron chi connectivity index (χ2n) is 5.55. The van der Waals surface area contributed by atoms with Gasteiger partial charge in [0.25, 0.3) is 0 Å². The van der Waals surface area contributed by atoms with Crippen molar-refractivity contribution >= 4 is 35.5 Å². The lowest BCUT2D eigenvalue weighted by Crippen LogP contribution is -2.52. The van der Waals surface area contributed by atoms with Gasteiger partial charge in [-0.2, -0.15) is 11.8 Å². The Balaban J connectivity index is 1.96. The highest BCUT2D eigenvalue weighted by Gasteiger charge is 2.42. The Kier molecular flexibility index (Phi) is 5.49. The average Bonchev–Trinajstić information content (AvgIpc) is 3.04. The van der Waals surface area contributed by atoms with Crippen LogP contribution >= 0.6 is 23.5 Å². The van der Waals surface area contributed by atoms with Gasteiger partial charge >= 0.3 is 12.0 Å². The average molecular weight is 318 g/mol. The predicted molar refractivity (Wildman–Crippen MR) is 83.2 cm³/mol. The van der Waals surface area contributed by atoms with Gasteiger partial charge in [0.05, 0.1) is 5.37 Å². The Hall–Kier alpha value is -0.560. The molecule has 0 bridgehead atoms. The first-order chi connectivity index (χ1) is 9.50. The number of carboxylic acid groups (broad SMARTS) is 1. The molecular weight excluding hydrogens is 296 g/mol. The number of thioether (sulfide) groups is 2. The largest absolute Gasteiger partial charge is 0.480 e. The smallest absolute Gasteiger partial charge is 0.327 e. The number of carboxylic acids is 1. The summed E-state index contributed by atoms with van der Waals surface area (Å²) < 4.78 is 0. The summed E-state index contributed by atoms with van der Waals surface area (Å²) in [6.45, 7) is 4.69. The number of nitrogens with one attached hydrogen (secondary N) is 1. The molecule has 3 atom stereocenters. The minimum Gasteiger partial charge on any atom is -0.480 e. The molecule has 0 saturated carbocycles. The maximum Gasteiger partial charge on any atom is 0.327 e. The van der Waals surface area contributed by atoms with E-state index in [1.54, 1.807) is 11.8 Å². The number of aliphatic carboxylic acids is 1. The summed E-state index contributed by atoms with van der Waals surface area (Å²) in [4.78, 5) is 25.2. The van der Waals surface area contributed by atoms with Gasteiger partial charge in [-0.1, -0.05) is 13.8 Å². The predicted octanol–water partition coefficient (Wildman–Crippen LogP) is 2.08. The van der Waals surface area contributed by atoms with Crippen LogP contribution in [0.15, 0.2) is 0 Å². The lowest BCUT2D eigenvalue weighted by atomic mass is 10.1. The summed E-state index contributed by atoms with van der Waals surface area (Å²) >= 11 is 3.45. The molecule has 0 aliphatic carbocycles. The third-order valence-electron chi connectivity index (χ3n) is 3.63. The van der Waals surface area contributed by atoms with Crippen molar-refractivity contribution in [3.05, 3.63) is 0 Å². The van der Waals surface area contributed by atoms with Crippen LogP contribution in [0.4, 0.5) is 4.79 Å². The van der Waals surface area contributed by atoms with Crippen LogP contribution in [0.25, 0.3) is 0 Å². The molecule has 5 nitrogen and oxygen atoms in total. The molecule has 2 rings (SSSR count). The molecule has 0 radical (unpaired) electrons. The Labute approximate surface area is 128 Å². The monoisotopic (exact) mass is 318 g/mol. The van der Waals surface area contributed by atoms with Crippen molar-refractivity contribution in [1.29, 1.82) is 0 Å². The summed E-state index contributed by atoms with van der Waals surface area (Å²) in [6, 6.07) is -0.933. The topological polar surface area (TPSA) is 69.6 Å². The molecule has 3 unspecified atom stereocenters. The van der Waals surface area contributed by atoms with E-state index in [-0.39, 0.29) is 17.3 Å². The van der Waals surface area contributed by atoms with E-state index in [2.05, 4.69) is 5.32 Å². The molecule has 2 heterocycles. The molecule has 0 spiro atoms. The van der Waals surface area contributed by atoms with Crippen molar-refractivity contribution in [1.82, 2.24) is 10.2 Å². The highest BCUT2D eigenvalue weighted by atomic mass is 32.2. The van der Waals surface area contributed by atoms with Crippen molar-refractivity contribution in [3.8, 4) is 0 Å². The summed E-state index contributed by atoms with van der Waals surface area (Å²) in [7, 11) is 0. The van der Waals surface area contributed by atoms with Crippen LogP contribution in [0.5, 0.6) is 0 Å². The summed E-state index contributed by atoms with van der Waals surface area (Å²) in [5, 5.41) is 12.6. The maximum absolute atomic E-state index is 12.4.